The van der Waals surface area contributed by atoms with Gasteiger partial charge in [0.2, 0.25) is 0 Å². The van der Waals surface area contributed by atoms with Crippen LogP contribution in [-0.2, 0) is 6.54 Å². The fraction of sp³-hybridized carbons (Fsp3) is 0.357. The van der Waals surface area contributed by atoms with Crippen LogP contribution in [0.4, 0.5) is 0 Å². The Kier molecular flexibility index (Phi) is 2.92. The van der Waals surface area contributed by atoms with Gasteiger partial charge in [0.15, 0.2) is 0 Å². The van der Waals surface area contributed by atoms with E-state index in [1.165, 1.54) is 5.56 Å². The lowest BCUT2D eigenvalue weighted by molar-refractivity contribution is 0.461. The van der Waals surface area contributed by atoms with Crippen LogP contribution in [0.25, 0.3) is 5.65 Å². The molecule has 0 atom stereocenters. The van der Waals surface area contributed by atoms with Crippen molar-refractivity contribution in [1.82, 2.24) is 14.7 Å². The summed E-state index contributed by atoms with van der Waals surface area (Å²) in [6, 6.07) is 4.12. The number of rotatable bonds is 3. The van der Waals surface area contributed by atoms with Crippen molar-refractivity contribution in [3.8, 4) is 0 Å². The van der Waals surface area contributed by atoms with E-state index in [-0.39, 0.29) is 5.41 Å². The maximum atomic E-state index is 4.35. The Bertz CT molecular complexity index is 532. The monoisotopic (exact) mass is 229 g/mol. The third-order valence-corrected chi connectivity index (χ3v) is 2.90. The first-order valence-corrected chi connectivity index (χ1v) is 5.82. The lowest BCUT2D eigenvalue weighted by atomic mass is 9.93. The first-order chi connectivity index (χ1) is 7.98. The van der Waals surface area contributed by atoms with E-state index in [0.717, 1.165) is 17.9 Å². The molecule has 0 spiro atoms. The third kappa shape index (κ3) is 2.49. The summed E-state index contributed by atoms with van der Waals surface area (Å²) in [6.07, 6.45) is 5.78. The summed E-state index contributed by atoms with van der Waals surface area (Å²) < 4.78 is 2.02. The van der Waals surface area contributed by atoms with Crippen LogP contribution in [0.1, 0.15) is 26.3 Å². The molecule has 0 fully saturated rings. The lowest BCUT2D eigenvalue weighted by Crippen LogP contribution is -2.23. The van der Waals surface area contributed by atoms with E-state index >= 15 is 0 Å². The Morgan fingerprint density at radius 3 is 2.88 bits per heavy atom. The molecule has 0 radical (unpaired) electrons. The molecule has 0 bridgehead atoms. The first kappa shape index (κ1) is 11.7. The highest BCUT2D eigenvalue weighted by atomic mass is 15.0. The standard InChI is InChI=1S/C14H19N3/c1-11(14(2,3)4)16-10-12-6-5-8-17-9-7-15-13(12)17/h5-9,16H,1,10H2,2-4H3. The number of pyridine rings is 1. The highest BCUT2D eigenvalue weighted by Crippen LogP contribution is 2.21. The van der Waals surface area contributed by atoms with Crippen LogP contribution in [0.2, 0.25) is 0 Å². The van der Waals surface area contributed by atoms with Crippen molar-refractivity contribution in [3.05, 3.63) is 48.6 Å². The maximum absolute atomic E-state index is 4.35. The van der Waals surface area contributed by atoms with Crippen LogP contribution in [0.3, 0.4) is 0 Å². The average Bonchev–Trinajstić information content (AvgIpc) is 2.72. The Morgan fingerprint density at radius 2 is 2.18 bits per heavy atom. The minimum absolute atomic E-state index is 0.0838. The van der Waals surface area contributed by atoms with Crippen molar-refractivity contribution >= 4 is 5.65 Å². The highest BCUT2D eigenvalue weighted by molar-refractivity contribution is 5.47. The average molecular weight is 229 g/mol. The molecule has 0 unspecified atom stereocenters. The second-order valence-corrected chi connectivity index (χ2v) is 5.27. The van der Waals surface area contributed by atoms with Crippen LogP contribution in [0.5, 0.6) is 0 Å². The molecule has 2 heterocycles. The van der Waals surface area contributed by atoms with Crippen molar-refractivity contribution in [2.45, 2.75) is 27.3 Å². The number of aromatic nitrogens is 2. The number of hydrogen-bond acceptors (Lipinski definition) is 2. The summed E-state index contributed by atoms with van der Waals surface area (Å²) in [5.41, 5.74) is 3.32. The fourth-order valence-corrected chi connectivity index (χ4v) is 1.61. The minimum atomic E-state index is 0.0838. The largest absolute Gasteiger partial charge is 0.384 e. The number of allylic oxidation sites excluding steroid dienone is 1. The van der Waals surface area contributed by atoms with Gasteiger partial charge in [0.05, 0.1) is 0 Å². The van der Waals surface area contributed by atoms with Gasteiger partial charge in [-0.15, -0.1) is 0 Å². The van der Waals surface area contributed by atoms with Crippen LogP contribution >= 0.6 is 0 Å². The van der Waals surface area contributed by atoms with Crippen LogP contribution in [0, 0.1) is 5.41 Å². The zero-order valence-corrected chi connectivity index (χ0v) is 10.7. The summed E-state index contributed by atoms with van der Waals surface area (Å²) in [7, 11) is 0. The zero-order chi connectivity index (χ0) is 12.5. The van der Waals surface area contributed by atoms with E-state index in [9.17, 15) is 0 Å². The van der Waals surface area contributed by atoms with E-state index in [1.54, 1.807) is 0 Å². The van der Waals surface area contributed by atoms with Gasteiger partial charge in [-0.3, -0.25) is 0 Å². The van der Waals surface area contributed by atoms with Gasteiger partial charge in [-0.2, -0.15) is 0 Å². The molecule has 17 heavy (non-hydrogen) atoms. The Balaban J connectivity index is 2.14. The van der Waals surface area contributed by atoms with E-state index < -0.39 is 0 Å². The van der Waals surface area contributed by atoms with E-state index in [2.05, 4.69) is 43.7 Å². The topological polar surface area (TPSA) is 29.3 Å². The van der Waals surface area contributed by atoms with Gasteiger partial charge in [-0.25, -0.2) is 4.98 Å². The van der Waals surface area contributed by atoms with Crippen LogP contribution in [0.15, 0.2) is 43.0 Å². The molecule has 0 aliphatic carbocycles. The van der Waals surface area contributed by atoms with Gasteiger partial charge >= 0.3 is 0 Å². The molecule has 3 nitrogen and oxygen atoms in total. The quantitative estimate of drug-likeness (QED) is 0.876. The van der Waals surface area contributed by atoms with Gasteiger partial charge in [0.25, 0.3) is 0 Å². The number of nitrogens with one attached hydrogen (secondary N) is 1. The second-order valence-electron chi connectivity index (χ2n) is 5.27. The number of nitrogens with zero attached hydrogens (tertiary/aromatic N) is 2. The Morgan fingerprint density at radius 1 is 1.41 bits per heavy atom. The molecule has 3 heteroatoms. The summed E-state index contributed by atoms with van der Waals surface area (Å²) in [6.45, 7) is 11.3. The normalized spacial score (nSPS) is 11.7. The maximum Gasteiger partial charge on any atom is 0.141 e. The molecule has 90 valence electrons. The molecule has 2 aromatic rings. The molecular formula is C14H19N3. The SMILES string of the molecule is C=C(NCc1cccn2ccnc12)C(C)(C)C. The van der Waals surface area contributed by atoms with Gasteiger partial charge in [-0.05, 0) is 6.07 Å². The van der Waals surface area contributed by atoms with E-state index in [4.69, 9.17) is 0 Å². The molecule has 0 aliphatic rings. The molecule has 0 saturated carbocycles. The van der Waals surface area contributed by atoms with Crippen molar-refractivity contribution < 1.29 is 0 Å². The molecule has 2 rings (SSSR count). The summed E-state index contributed by atoms with van der Waals surface area (Å²) >= 11 is 0. The number of imidazole rings is 1. The van der Waals surface area contributed by atoms with Crippen LogP contribution in [-0.4, -0.2) is 9.38 Å². The highest BCUT2D eigenvalue weighted by Gasteiger charge is 2.14. The predicted octanol–water partition coefficient (Wildman–Crippen LogP) is 2.98. The first-order valence-electron chi connectivity index (χ1n) is 5.82. The Hall–Kier alpha value is -1.77. The smallest absolute Gasteiger partial charge is 0.141 e. The summed E-state index contributed by atoms with van der Waals surface area (Å²) in [5, 5.41) is 3.37. The molecule has 0 saturated heterocycles. The zero-order valence-electron chi connectivity index (χ0n) is 10.7. The molecule has 2 aromatic heterocycles. The van der Waals surface area contributed by atoms with Gasteiger partial charge in [0, 0.05) is 41.8 Å². The van der Waals surface area contributed by atoms with Crippen molar-refractivity contribution in [1.29, 1.82) is 0 Å². The molecule has 0 aromatic carbocycles. The van der Waals surface area contributed by atoms with Crippen LogP contribution < -0.4 is 5.32 Å². The minimum Gasteiger partial charge on any atom is -0.384 e. The van der Waals surface area contributed by atoms with Gasteiger partial charge in [-0.1, -0.05) is 33.4 Å². The fourth-order valence-electron chi connectivity index (χ4n) is 1.61. The molecule has 0 aliphatic heterocycles. The molecule has 1 N–H and O–H groups in total. The van der Waals surface area contributed by atoms with Gasteiger partial charge in [0.1, 0.15) is 5.65 Å². The third-order valence-electron chi connectivity index (χ3n) is 2.90. The van der Waals surface area contributed by atoms with E-state index in [0.29, 0.717) is 0 Å². The number of fused-ring (bicyclic) bond motifs is 1. The van der Waals surface area contributed by atoms with Crippen molar-refractivity contribution in [2.75, 3.05) is 0 Å². The second kappa shape index (κ2) is 4.24. The van der Waals surface area contributed by atoms with Gasteiger partial charge < -0.3 is 9.72 Å². The molecular weight excluding hydrogens is 210 g/mol. The predicted molar refractivity (Wildman–Crippen MR) is 70.6 cm³/mol. The Labute approximate surface area is 102 Å². The number of hydrogen-bond donors (Lipinski definition) is 1. The summed E-state index contributed by atoms with van der Waals surface area (Å²) in [5.74, 6) is 0. The molecule has 0 amide bonds. The lowest BCUT2D eigenvalue weighted by Gasteiger charge is -2.23. The van der Waals surface area contributed by atoms with Crippen molar-refractivity contribution in [2.24, 2.45) is 5.41 Å². The summed E-state index contributed by atoms with van der Waals surface area (Å²) in [4.78, 5) is 4.35. The van der Waals surface area contributed by atoms with E-state index in [1.807, 2.05) is 29.1 Å². The van der Waals surface area contributed by atoms with Crippen molar-refractivity contribution in [3.63, 3.8) is 0 Å².